The molecular weight excluding hydrogens is 388 g/mol. The number of sulfonamides is 1. The van der Waals surface area contributed by atoms with Crippen LogP contribution in [0.25, 0.3) is 0 Å². The molecule has 0 atom stereocenters. The maximum atomic E-state index is 12.9. The lowest BCUT2D eigenvalue weighted by Gasteiger charge is -2.22. The van der Waals surface area contributed by atoms with E-state index >= 15 is 0 Å². The highest BCUT2D eigenvalue weighted by molar-refractivity contribution is 7.92. The lowest BCUT2D eigenvalue weighted by atomic mass is 10.2. The molecule has 0 bridgehead atoms. The van der Waals surface area contributed by atoms with E-state index in [1.807, 2.05) is 0 Å². The maximum Gasteiger partial charge on any atom is 0.416 e. The first-order valence-electron chi connectivity index (χ1n) is 7.63. The quantitative estimate of drug-likeness (QED) is 0.753. The van der Waals surface area contributed by atoms with Crippen molar-refractivity contribution in [1.82, 2.24) is 5.32 Å². The second kappa shape index (κ2) is 7.95. The average Bonchev–Trinajstić information content (AvgIpc) is 2.57. The molecule has 0 saturated heterocycles. The number of carbonyl (C=O) groups is 1. The van der Waals surface area contributed by atoms with Gasteiger partial charge in [-0.2, -0.15) is 13.2 Å². The zero-order valence-electron chi connectivity index (χ0n) is 14.1. The molecule has 0 aliphatic carbocycles. The van der Waals surface area contributed by atoms with Crippen LogP contribution in [0, 0.1) is 5.82 Å². The minimum atomic E-state index is -4.65. The zero-order chi connectivity index (χ0) is 20.2. The Bertz CT molecular complexity index is 913. The van der Waals surface area contributed by atoms with Gasteiger partial charge in [-0.3, -0.25) is 9.10 Å². The summed E-state index contributed by atoms with van der Waals surface area (Å²) in [5, 5.41) is 2.45. The molecule has 0 aromatic heterocycles. The van der Waals surface area contributed by atoms with Crippen molar-refractivity contribution in [1.29, 1.82) is 0 Å². The smallest absolute Gasteiger partial charge is 0.350 e. The highest BCUT2D eigenvalue weighted by atomic mass is 32.2. The van der Waals surface area contributed by atoms with Crippen molar-refractivity contribution in [3.63, 3.8) is 0 Å². The maximum absolute atomic E-state index is 12.9. The van der Waals surface area contributed by atoms with Gasteiger partial charge in [-0.05, 0) is 35.9 Å². The Morgan fingerprint density at radius 3 is 2.30 bits per heavy atom. The van der Waals surface area contributed by atoms with Crippen molar-refractivity contribution in [3.05, 3.63) is 65.5 Å². The largest absolute Gasteiger partial charge is 0.416 e. The van der Waals surface area contributed by atoms with Crippen LogP contribution in [0.5, 0.6) is 0 Å². The van der Waals surface area contributed by atoms with Crippen LogP contribution in [0.4, 0.5) is 23.2 Å². The molecule has 0 aliphatic rings. The topological polar surface area (TPSA) is 66.5 Å². The zero-order valence-corrected chi connectivity index (χ0v) is 14.9. The summed E-state index contributed by atoms with van der Waals surface area (Å²) in [7, 11) is -4.01. The number of rotatable bonds is 6. The summed E-state index contributed by atoms with van der Waals surface area (Å²) in [5.74, 6) is -1.17. The number of nitrogens with one attached hydrogen (secondary N) is 1. The summed E-state index contributed by atoms with van der Waals surface area (Å²) in [4.78, 5) is 12.1. The van der Waals surface area contributed by atoms with Crippen LogP contribution < -0.4 is 9.62 Å². The monoisotopic (exact) mass is 404 g/mol. The van der Waals surface area contributed by atoms with Crippen molar-refractivity contribution in [2.24, 2.45) is 0 Å². The van der Waals surface area contributed by atoms with Gasteiger partial charge in [-0.25, -0.2) is 12.8 Å². The van der Waals surface area contributed by atoms with Crippen LogP contribution in [0.1, 0.15) is 11.1 Å². The van der Waals surface area contributed by atoms with Crippen LogP contribution in [0.15, 0.2) is 48.5 Å². The van der Waals surface area contributed by atoms with Gasteiger partial charge in [0.1, 0.15) is 12.4 Å². The first kappa shape index (κ1) is 20.7. The third kappa shape index (κ3) is 5.95. The summed E-state index contributed by atoms with van der Waals surface area (Å²) >= 11 is 0. The molecule has 10 heteroatoms. The molecule has 5 nitrogen and oxygen atoms in total. The van der Waals surface area contributed by atoms with E-state index in [1.165, 1.54) is 30.3 Å². The fraction of sp³-hybridized carbons (Fsp3) is 0.235. The van der Waals surface area contributed by atoms with Crippen molar-refractivity contribution < 1.29 is 30.8 Å². The van der Waals surface area contributed by atoms with E-state index in [4.69, 9.17) is 0 Å². The van der Waals surface area contributed by atoms with Crippen LogP contribution in [-0.2, 0) is 27.5 Å². The first-order valence-corrected chi connectivity index (χ1v) is 9.48. The SMILES string of the molecule is CS(=O)(=O)N(CC(=O)NCc1ccc(F)cc1)c1cccc(C(F)(F)F)c1. The number of alkyl halides is 3. The van der Waals surface area contributed by atoms with E-state index in [0.29, 0.717) is 15.9 Å². The average molecular weight is 404 g/mol. The minimum absolute atomic E-state index is 0.0132. The predicted octanol–water partition coefficient (Wildman–Crippen LogP) is 2.93. The van der Waals surface area contributed by atoms with Crippen molar-refractivity contribution in [3.8, 4) is 0 Å². The van der Waals surface area contributed by atoms with Gasteiger partial charge in [-0.1, -0.05) is 18.2 Å². The molecule has 0 radical (unpaired) electrons. The number of hydrogen-bond acceptors (Lipinski definition) is 3. The lowest BCUT2D eigenvalue weighted by Crippen LogP contribution is -2.40. The molecule has 2 aromatic rings. The van der Waals surface area contributed by atoms with Gasteiger partial charge in [0.05, 0.1) is 17.5 Å². The second-order valence-corrected chi connectivity index (χ2v) is 7.63. The van der Waals surface area contributed by atoms with E-state index in [-0.39, 0.29) is 12.2 Å². The number of nitrogens with zero attached hydrogens (tertiary/aromatic N) is 1. The second-order valence-electron chi connectivity index (χ2n) is 5.72. The normalized spacial score (nSPS) is 11.9. The molecule has 2 aromatic carbocycles. The Hall–Kier alpha value is -2.62. The van der Waals surface area contributed by atoms with Gasteiger partial charge in [-0.15, -0.1) is 0 Å². The summed E-state index contributed by atoms with van der Waals surface area (Å²) in [6.45, 7) is -0.680. The fourth-order valence-electron chi connectivity index (χ4n) is 2.23. The molecule has 0 spiro atoms. The number of amides is 1. The third-order valence-corrected chi connectivity index (χ3v) is 4.69. The number of anilines is 1. The number of carbonyl (C=O) groups excluding carboxylic acids is 1. The molecule has 0 unspecified atom stereocenters. The van der Waals surface area contributed by atoms with Gasteiger partial charge >= 0.3 is 6.18 Å². The molecule has 0 fully saturated rings. The molecule has 27 heavy (non-hydrogen) atoms. The van der Waals surface area contributed by atoms with Crippen molar-refractivity contribution >= 4 is 21.6 Å². The van der Waals surface area contributed by atoms with Gasteiger partial charge in [0.25, 0.3) is 0 Å². The van der Waals surface area contributed by atoms with Crippen LogP contribution in [-0.4, -0.2) is 27.1 Å². The van der Waals surface area contributed by atoms with Crippen LogP contribution in [0.3, 0.4) is 0 Å². The Labute approximate surface area is 153 Å². The number of halogens is 4. The van der Waals surface area contributed by atoms with Gasteiger partial charge in [0.2, 0.25) is 15.9 Å². The van der Waals surface area contributed by atoms with E-state index < -0.39 is 40.0 Å². The molecule has 0 saturated carbocycles. The molecule has 0 aliphatic heterocycles. The lowest BCUT2D eigenvalue weighted by molar-refractivity contribution is -0.137. The Balaban J connectivity index is 2.15. The van der Waals surface area contributed by atoms with Gasteiger partial charge in [0.15, 0.2) is 0 Å². The van der Waals surface area contributed by atoms with Crippen molar-refractivity contribution in [2.75, 3.05) is 17.1 Å². The summed E-state index contributed by atoms with van der Waals surface area (Å²) in [6, 6.07) is 8.98. The standard InChI is InChI=1S/C17H16F4N2O3S/c1-27(25,26)23(15-4-2-3-13(9-15)17(19,20)21)11-16(24)22-10-12-5-7-14(18)8-6-12/h2-9H,10-11H2,1H3,(H,22,24). The highest BCUT2D eigenvalue weighted by Crippen LogP contribution is 2.32. The first-order chi connectivity index (χ1) is 12.5. The fourth-order valence-corrected chi connectivity index (χ4v) is 3.07. The molecular formula is C17H16F4N2O3S. The van der Waals surface area contributed by atoms with Gasteiger partial charge < -0.3 is 5.32 Å². The Kier molecular flexibility index (Phi) is 6.09. The Morgan fingerprint density at radius 2 is 1.74 bits per heavy atom. The van der Waals surface area contributed by atoms with Gasteiger partial charge in [0, 0.05) is 6.54 Å². The molecule has 1 amide bonds. The summed E-state index contributed by atoms with van der Waals surface area (Å²) in [5.41, 5.74) is -0.723. The van der Waals surface area contributed by atoms with Crippen molar-refractivity contribution in [2.45, 2.75) is 12.7 Å². The van der Waals surface area contributed by atoms with E-state index in [1.54, 1.807) is 0 Å². The van der Waals surface area contributed by atoms with E-state index in [0.717, 1.165) is 18.4 Å². The molecule has 2 rings (SSSR count). The van der Waals surface area contributed by atoms with E-state index in [9.17, 15) is 30.8 Å². The third-order valence-electron chi connectivity index (χ3n) is 3.55. The Morgan fingerprint density at radius 1 is 1.11 bits per heavy atom. The predicted molar refractivity (Wildman–Crippen MR) is 91.9 cm³/mol. The minimum Gasteiger partial charge on any atom is -0.350 e. The van der Waals surface area contributed by atoms with Crippen LogP contribution >= 0.6 is 0 Å². The molecule has 0 heterocycles. The number of benzene rings is 2. The van der Waals surface area contributed by atoms with Crippen LogP contribution in [0.2, 0.25) is 0 Å². The molecule has 1 N–H and O–H groups in total. The summed E-state index contributed by atoms with van der Waals surface area (Å²) < 4.78 is 75.9. The summed E-state index contributed by atoms with van der Waals surface area (Å²) in [6.07, 6.45) is -3.86. The molecule has 146 valence electrons. The highest BCUT2D eigenvalue weighted by Gasteiger charge is 2.31. The van der Waals surface area contributed by atoms with E-state index in [2.05, 4.69) is 5.32 Å². The number of hydrogen-bond donors (Lipinski definition) is 1.